The number of para-hydroxylation sites is 1. The fourth-order valence-corrected chi connectivity index (χ4v) is 6.53. The molecule has 4 heterocycles. The van der Waals surface area contributed by atoms with Crippen LogP contribution in [0.4, 0.5) is 17.6 Å². The lowest BCUT2D eigenvalue weighted by Gasteiger charge is -2.38. The average molecular weight is 623 g/mol. The van der Waals surface area contributed by atoms with Gasteiger partial charge in [0.1, 0.15) is 23.0 Å². The molecule has 0 spiro atoms. The molecule has 0 aliphatic carbocycles. The molecule has 2 aromatic heterocycles. The number of hydrogen-bond acceptors (Lipinski definition) is 9. The van der Waals surface area contributed by atoms with Crippen molar-refractivity contribution in [3.8, 4) is 11.4 Å². The van der Waals surface area contributed by atoms with Gasteiger partial charge in [0.2, 0.25) is 5.95 Å². The highest BCUT2D eigenvalue weighted by Gasteiger charge is 2.39. The second kappa shape index (κ2) is 11.4. The summed E-state index contributed by atoms with van der Waals surface area (Å²) in [5.41, 5.74) is 8.65. The van der Waals surface area contributed by atoms with Crippen LogP contribution >= 0.6 is 11.6 Å². The summed E-state index contributed by atoms with van der Waals surface area (Å²) in [6.45, 7) is 1.41. The minimum absolute atomic E-state index is 0.0604. The number of nitrogen functional groups attached to an aromatic ring is 1. The number of rotatable bonds is 6. The summed E-state index contributed by atoms with van der Waals surface area (Å²) in [6.07, 6.45) is 1.48. The summed E-state index contributed by atoms with van der Waals surface area (Å²) in [6, 6.07) is 22.1. The third-order valence-corrected chi connectivity index (χ3v) is 8.69. The SMILES string of the molecule is COc1ccc(CN2CN(C)C(=O)c3c2nc(N)nc3N2CCC[C@H]2c2nc3cccc(Cl)c3c(=O)n2-c2ccccc2)cc1. The Morgan fingerprint density at radius 3 is 2.47 bits per heavy atom. The van der Waals surface area contributed by atoms with Gasteiger partial charge in [-0.1, -0.05) is 48.0 Å². The molecular weight excluding hydrogens is 592 g/mol. The largest absolute Gasteiger partial charge is 0.497 e. The predicted octanol–water partition coefficient (Wildman–Crippen LogP) is 4.81. The first-order valence-electron chi connectivity index (χ1n) is 14.7. The number of nitrogens with two attached hydrogens (primary N) is 1. The summed E-state index contributed by atoms with van der Waals surface area (Å²) in [5, 5.41) is 0.693. The molecule has 7 rings (SSSR count). The van der Waals surface area contributed by atoms with Gasteiger partial charge in [0, 0.05) is 20.1 Å². The van der Waals surface area contributed by atoms with Crippen molar-refractivity contribution in [2.24, 2.45) is 0 Å². The van der Waals surface area contributed by atoms with Gasteiger partial charge in [-0.25, -0.2) is 4.98 Å². The quantitative estimate of drug-likeness (QED) is 0.284. The van der Waals surface area contributed by atoms with Crippen molar-refractivity contribution in [2.75, 3.05) is 42.9 Å². The fraction of sp³-hybridized carbons (Fsp3) is 0.242. The van der Waals surface area contributed by atoms with E-state index in [1.165, 1.54) is 0 Å². The van der Waals surface area contributed by atoms with E-state index in [0.717, 1.165) is 17.7 Å². The first kappa shape index (κ1) is 28.6. The molecule has 2 aliphatic rings. The lowest BCUT2D eigenvalue weighted by atomic mass is 10.1. The van der Waals surface area contributed by atoms with E-state index in [1.54, 1.807) is 41.8 Å². The van der Waals surface area contributed by atoms with Gasteiger partial charge >= 0.3 is 0 Å². The number of anilines is 3. The zero-order valence-corrected chi connectivity index (χ0v) is 25.6. The van der Waals surface area contributed by atoms with Crippen LogP contribution in [0.15, 0.2) is 77.6 Å². The second-order valence-electron chi connectivity index (χ2n) is 11.2. The molecule has 1 atom stereocenters. The first-order chi connectivity index (χ1) is 21.8. The monoisotopic (exact) mass is 622 g/mol. The molecule has 0 unspecified atom stereocenters. The minimum atomic E-state index is -0.380. The number of carbonyl (C=O) groups is 1. The summed E-state index contributed by atoms with van der Waals surface area (Å²) in [7, 11) is 3.39. The van der Waals surface area contributed by atoms with Crippen molar-refractivity contribution in [2.45, 2.75) is 25.4 Å². The van der Waals surface area contributed by atoms with Gasteiger partial charge < -0.3 is 25.2 Å². The van der Waals surface area contributed by atoms with Gasteiger partial charge in [0.25, 0.3) is 11.5 Å². The van der Waals surface area contributed by atoms with Crippen molar-refractivity contribution < 1.29 is 9.53 Å². The summed E-state index contributed by atoms with van der Waals surface area (Å²) in [5.74, 6) is 2.06. The lowest BCUT2D eigenvalue weighted by molar-refractivity contribution is 0.0780. The van der Waals surface area contributed by atoms with Crippen LogP contribution < -0.4 is 25.8 Å². The van der Waals surface area contributed by atoms with E-state index in [0.29, 0.717) is 70.8 Å². The normalized spacial score (nSPS) is 16.4. The minimum Gasteiger partial charge on any atom is -0.497 e. The van der Waals surface area contributed by atoms with E-state index in [-0.39, 0.29) is 23.5 Å². The number of methoxy groups -OCH3 is 1. The molecule has 0 bridgehead atoms. The van der Waals surface area contributed by atoms with Crippen LogP contribution in [0.1, 0.15) is 40.6 Å². The van der Waals surface area contributed by atoms with Crippen molar-refractivity contribution in [3.63, 3.8) is 0 Å². The van der Waals surface area contributed by atoms with Crippen LogP contribution in [0, 0.1) is 0 Å². The first-order valence-corrected chi connectivity index (χ1v) is 15.1. The van der Waals surface area contributed by atoms with Crippen LogP contribution in [0.3, 0.4) is 0 Å². The Bertz CT molecular complexity index is 1980. The van der Waals surface area contributed by atoms with Gasteiger partial charge in [-0.15, -0.1) is 0 Å². The maximum absolute atomic E-state index is 14.1. The standard InChI is InChI=1S/C33H31ClN8O3/c1-39-19-40(18-20-13-15-22(45-2)16-14-20)29-27(31(39)43)30(38-33(35)37-29)41-17-7-12-25(41)28-36-24-11-6-10-23(34)26(24)32(44)42(28)21-8-4-3-5-9-21/h3-6,8-11,13-16,25H,7,12,17-19H2,1-2H3,(H2,35,37,38)/t25-/m0/s1. The van der Waals surface area contributed by atoms with E-state index in [9.17, 15) is 9.59 Å². The Kier molecular flexibility index (Phi) is 7.25. The van der Waals surface area contributed by atoms with Crippen LogP contribution in [-0.2, 0) is 6.54 Å². The van der Waals surface area contributed by atoms with E-state index in [4.69, 9.17) is 27.1 Å². The molecule has 1 saturated heterocycles. The molecular formula is C33H31ClN8O3. The summed E-state index contributed by atoms with van der Waals surface area (Å²) in [4.78, 5) is 47.9. The molecule has 5 aromatic rings. The number of halogens is 1. The highest BCUT2D eigenvalue weighted by Crippen LogP contribution is 2.41. The Labute approximate surface area is 264 Å². The van der Waals surface area contributed by atoms with Crippen LogP contribution in [0.25, 0.3) is 16.6 Å². The summed E-state index contributed by atoms with van der Waals surface area (Å²) >= 11 is 6.52. The number of amides is 1. The van der Waals surface area contributed by atoms with Gasteiger partial charge in [0.05, 0.1) is 41.4 Å². The zero-order chi connectivity index (χ0) is 31.2. The molecule has 3 aromatic carbocycles. The topological polar surface area (TPSA) is 123 Å². The maximum Gasteiger partial charge on any atom is 0.267 e. The van der Waals surface area contributed by atoms with Gasteiger partial charge in [0.15, 0.2) is 5.82 Å². The van der Waals surface area contributed by atoms with Crippen molar-refractivity contribution in [1.29, 1.82) is 0 Å². The number of fused-ring (bicyclic) bond motifs is 2. The van der Waals surface area contributed by atoms with Crippen LogP contribution in [-0.4, -0.2) is 57.7 Å². The van der Waals surface area contributed by atoms with E-state index >= 15 is 0 Å². The molecule has 2 N–H and O–H groups in total. The molecule has 0 saturated carbocycles. The molecule has 1 amide bonds. The number of hydrogen-bond donors (Lipinski definition) is 1. The van der Waals surface area contributed by atoms with Crippen molar-refractivity contribution >= 4 is 46.0 Å². The van der Waals surface area contributed by atoms with E-state index < -0.39 is 0 Å². The van der Waals surface area contributed by atoms with Gasteiger partial charge in [-0.2, -0.15) is 9.97 Å². The van der Waals surface area contributed by atoms with E-state index in [1.807, 2.05) is 64.4 Å². The fourth-order valence-electron chi connectivity index (χ4n) is 6.28. The number of carbonyl (C=O) groups excluding carboxylic acids is 1. The highest BCUT2D eigenvalue weighted by molar-refractivity contribution is 6.35. The molecule has 0 radical (unpaired) electrons. The van der Waals surface area contributed by atoms with Crippen LogP contribution in [0.2, 0.25) is 5.02 Å². The smallest absolute Gasteiger partial charge is 0.267 e. The predicted molar refractivity (Wildman–Crippen MR) is 174 cm³/mol. The number of nitrogens with zero attached hydrogens (tertiary/aromatic N) is 7. The molecule has 11 nitrogen and oxygen atoms in total. The number of benzene rings is 3. The Morgan fingerprint density at radius 1 is 0.956 bits per heavy atom. The van der Waals surface area contributed by atoms with Crippen molar-refractivity contribution in [1.82, 2.24) is 24.4 Å². The van der Waals surface area contributed by atoms with Crippen LogP contribution in [0.5, 0.6) is 5.75 Å². The third-order valence-electron chi connectivity index (χ3n) is 8.37. The van der Waals surface area contributed by atoms with Gasteiger partial charge in [-0.05, 0) is 54.8 Å². The molecule has 2 aliphatic heterocycles. The Hall–Kier alpha value is -5.16. The molecule has 228 valence electrons. The third kappa shape index (κ3) is 4.98. The van der Waals surface area contributed by atoms with Gasteiger partial charge in [-0.3, -0.25) is 14.2 Å². The molecule has 12 heteroatoms. The van der Waals surface area contributed by atoms with Crippen molar-refractivity contribution in [3.05, 3.63) is 105 Å². The molecule has 1 fully saturated rings. The lowest BCUT2D eigenvalue weighted by Crippen LogP contribution is -2.46. The second-order valence-corrected chi connectivity index (χ2v) is 11.6. The number of ether oxygens (including phenoxy) is 1. The zero-order valence-electron chi connectivity index (χ0n) is 24.9. The maximum atomic E-state index is 14.1. The van der Waals surface area contributed by atoms with E-state index in [2.05, 4.69) is 9.97 Å². The molecule has 45 heavy (non-hydrogen) atoms. The highest BCUT2D eigenvalue weighted by atomic mass is 35.5. The summed E-state index contributed by atoms with van der Waals surface area (Å²) < 4.78 is 6.94. The number of aromatic nitrogens is 4. The Balaban J connectivity index is 1.37. The average Bonchev–Trinajstić information content (AvgIpc) is 3.54. The Morgan fingerprint density at radius 2 is 1.71 bits per heavy atom.